The Morgan fingerprint density at radius 3 is 2.94 bits per heavy atom. The minimum Gasteiger partial charge on any atom is -0.493 e. The fourth-order valence-electron chi connectivity index (χ4n) is 2.16. The van der Waals surface area contributed by atoms with E-state index in [0.29, 0.717) is 5.15 Å². The first kappa shape index (κ1) is 11.4. The largest absolute Gasteiger partial charge is 0.493 e. The number of nitrogens with one attached hydrogen (secondary N) is 1. The van der Waals surface area contributed by atoms with Gasteiger partial charge in [-0.3, -0.25) is 0 Å². The van der Waals surface area contributed by atoms with E-state index in [9.17, 15) is 0 Å². The summed E-state index contributed by atoms with van der Waals surface area (Å²) in [5, 5.41) is 3.90. The molecule has 1 N–H and O–H groups in total. The number of para-hydroxylation sites is 1. The van der Waals surface area contributed by atoms with Crippen LogP contribution in [0.3, 0.4) is 0 Å². The van der Waals surface area contributed by atoms with Crippen molar-refractivity contribution in [3.05, 3.63) is 53.2 Å². The molecule has 0 bridgehead atoms. The Morgan fingerprint density at radius 2 is 2.06 bits per heavy atom. The average molecular weight is 261 g/mol. The van der Waals surface area contributed by atoms with E-state index in [1.807, 2.05) is 30.3 Å². The normalized spacial score (nSPS) is 17.7. The lowest BCUT2D eigenvalue weighted by atomic mass is 10.0. The van der Waals surface area contributed by atoms with E-state index in [1.165, 1.54) is 5.56 Å². The zero-order valence-electron chi connectivity index (χ0n) is 9.77. The van der Waals surface area contributed by atoms with Gasteiger partial charge in [-0.2, -0.15) is 0 Å². The van der Waals surface area contributed by atoms with Crippen molar-refractivity contribution in [2.75, 3.05) is 11.9 Å². The standard InChI is InChI=1S/C14H13ClN2O/c15-13-6-3-7-14(17-13)16-11-8-9-18-12-5-2-1-4-10(11)12/h1-7,11H,8-9H2,(H,16,17). The molecule has 1 atom stereocenters. The molecule has 0 saturated heterocycles. The number of ether oxygens (including phenoxy) is 1. The average Bonchev–Trinajstić information content (AvgIpc) is 2.39. The number of hydrogen-bond acceptors (Lipinski definition) is 3. The van der Waals surface area contributed by atoms with Gasteiger partial charge in [0, 0.05) is 12.0 Å². The summed E-state index contributed by atoms with van der Waals surface area (Å²) in [6.07, 6.45) is 0.922. The van der Waals surface area contributed by atoms with Gasteiger partial charge in [0.2, 0.25) is 0 Å². The monoisotopic (exact) mass is 260 g/mol. The number of hydrogen-bond donors (Lipinski definition) is 1. The SMILES string of the molecule is Clc1cccc(NC2CCOc3ccccc32)n1. The number of nitrogens with zero attached hydrogens (tertiary/aromatic N) is 1. The maximum Gasteiger partial charge on any atom is 0.131 e. The number of benzene rings is 1. The number of aromatic nitrogens is 1. The van der Waals surface area contributed by atoms with Gasteiger partial charge in [-0.05, 0) is 18.2 Å². The lowest BCUT2D eigenvalue weighted by Crippen LogP contribution is -2.20. The van der Waals surface area contributed by atoms with Crippen LogP contribution in [0.1, 0.15) is 18.0 Å². The highest BCUT2D eigenvalue weighted by Gasteiger charge is 2.20. The molecule has 0 spiro atoms. The predicted octanol–water partition coefficient (Wildman–Crippen LogP) is 3.67. The van der Waals surface area contributed by atoms with E-state index in [2.05, 4.69) is 16.4 Å². The summed E-state index contributed by atoms with van der Waals surface area (Å²) in [6.45, 7) is 0.718. The van der Waals surface area contributed by atoms with E-state index in [-0.39, 0.29) is 6.04 Å². The molecule has 4 heteroatoms. The van der Waals surface area contributed by atoms with Gasteiger partial charge in [-0.15, -0.1) is 0 Å². The third-order valence-electron chi connectivity index (χ3n) is 3.00. The molecule has 0 saturated carbocycles. The maximum atomic E-state index is 5.89. The van der Waals surface area contributed by atoms with Gasteiger partial charge in [0.1, 0.15) is 16.7 Å². The summed E-state index contributed by atoms with van der Waals surface area (Å²) < 4.78 is 5.63. The minimum absolute atomic E-state index is 0.223. The second-order valence-electron chi connectivity index (χ2n) is 4.22. The summed E-state index contributed by atoms with van der Waals surface area (Å²) in [5.74, 6) is 1.74. The highest BCUT2D eigenvalue weighted by atomic mass is 35.5. The Balaban J connectivity index is 1.86. The molecule has 2 heterocycles. The zero-order valence-corrected chi connectivity index (χ0v) is 10.5. The molecule has 18 heavy (non-hydrogen) atoms. The van der Waals surface area contributed by atoms with Gasteiger partial charge in [0.15, 0.2) is 0 Å². The van der Waals surface area contributed by atoms with Crippen LogP contribution in [0, 0.1) is 0 Å². The van der Waals surface area contributed by atoms with E-state index in [4.69, 9.17) is 16.3 Å². The Morgan fingerprint density at radius 1 is 1.17 bits per heavy atom. The summed E-state index contributed by atoms with van der Waals surface area (Å²) in [6, 6.07) is 13.9. The quantitative estimate of drug-likeness (QED) is 0.837. The Hall–Kier alpha value is -1.74. The van der Waals surface area contributed by atoms with Gasteiger partial charge >= 0.3 is 0 Å². The van der Waals surface area contributed by atoms with Crippen molar-refractivity contribution in [1.82, 2.24) is 4.98 Å². The second-order valence-corrected chi connectivity index (χ2v) is 4.60. The molecule has 92 valence electrons. The molecule has 0 amide bonds. The Kier molecular flexibility index (Phi) is 3.07. The molecule has 1 aromatic carbocycles. The van der Waals surface area contributed by atoms with Crippen molar-refractivity contribution in [2.24, 2.45) is 0 Å². The highest BCUT2D eigenvalue weighted by molar-refractivity contribution is 6.29. The van der Waals surface area contributed by atoms with Crippen LogP contribution in [-0.2, 0) is 0 Å². The molecule has 1 aliphatic heterocycles. The van der Waals surface area contributed by atoms with Gasteiger partial charge in [0.05, 0.1) is 12.6 Å². The number of halogens is 1. The number of fused-ring (bicyclic) bond motifs is 1. The van der Waals surface area contributed by atoms with Crippen LogP contribution in [0.5, 0.6) is 5.75 Å². The maximum absolute atomic E-state index is 5.89. The molecule has 3 nitrogen and oxygen atoms in total. The summed E-state index contributed by atoms with van der Waals surface area (Å²) >= 11 is 5.89. The molecular weight excluding hydrogens is 248 g/mol. The Labute approximate surface area is 111 Å². The molecule has 0 aliphatic carbocycles. The first-order valence-corrected chi connectivity index (χ1v) is 6.31. The van der Waals surface area contributed by atoms with Crippen molar-refractivity contribution in [3.8, 4) is 5.75 Å². The van der Waals surface area contributed by atoms with Crippen molar-refractivity contribution in [2.45, 2.75) is 12.5 Å². The summed E-state index contributed by atoms with van der Waals surface area (Å²) in [7, 11) is 0. The smallest absolute Gasteiger partial charge is 0.131 e. The van der Waals surface area contributed by atoms with Gasteiger partial charge in [-0.25, -0.2) is 4.98 Å². The van der Waals surface area contributed by atoms with Crippen molar-refractivity contribution in [3.63, 3.8) is 0 Å². The zero-order chi connectivity index (χ0) is 12.4. The number of rotatable bonds is 2. The molecule has 3 rings (SSSR count). The molecule has 2 aromatic rings. The molecule has 1 aromatic heterocycles. The number of anilines is 1. The van der Waals surface area contributed by atoms with Crippen molar-refractivity contribution < 1.29 is 4.74 Å². The van der Waals surface area contributed by atoms with E-state index >= 15 is 0 Å². The third-order valence-corrected chi connectivity index (χ3v) is 3.21. The van der Waals surface area contributed by atoms with Gasteiger partial charge in [0.25, 0.3) is 0 Å². The van der Waals surface area contributed by atoms with E-state index in [1.54, 1.807) is 6.07 Å². The van der Waals surface area contributed by atoms with Gasteiger partial charge < -0.3 is 10.1 Å². The van der Waals surface area contributed by atoms with Gasteiger partial charge in [-0.1, -0.05) is 35.9 Å². The predicted molar refractivity (Wildman–Crippen MR) is 72.2 cm³/mol. The molecule has 0 fully saturated rings. The van der Waals surface area contributed by atoms with Crippen LogP contribution in [0.4, 0.5) is 5.82 Å². The molecule has 1 aliphatic rings. The van der Waals surface area contributed by atoms with E-state index in [0.717, 1.165) is 24.6 Å². The van der Waals surface area contributed by atoms with Crippen LogP contribution in [0.2, 0.25) is 5.15 Å². The molecule has 0 radical (unpaired) electrons. The lowest BCUT2D eigenvalue weighted by Gasteiger charge is -2.27. The summed E-state index contributed by atoms with van der Waals surface area (Å²) in [5.41, 5.74) is 1.17. The summed E-state index contributed by atoms with van der Waals surface area (Å²) in [4.78, 5) is 4.25. The highest BCUT2D eigenvalue weighted by Crippen LogP contribution is 2.33. The van der Waals surface area contributed by atoms with Crippen LogP contribution in [-0.4, -0.2) is 11.6 Å². The Bertz CT molecular complexity index is 559. The second kappa shape index (κ2) is 4.86. The number of pyridine rings is 1. The lowest BCUT2D eigenvalue weighted by molar-refractivity contribution is 0.274. The fourth-order valence-corrected chi connectivity index (χ4v) is 2.32. The van der Waals surface area contributed by atoms with Crippen LogP contribution < -0.4 is 10.1 Å². The van der Waals surface area contributed by atoms with Crippen molar-refractivity contribution in [1.29, 1.82) is 0 Å². The van der Waals surface area contributed by atoms with Crippen LogP contribution >= 0.6 is 11.6 Å². The first-order valence-electron chi connectivity index (χ1n) is 5.94. The topological polar surface area (TPSA) is 34.1 Å². The van der Waals surface area contributed by atoms with Crippen LogP contribution in [0.15, 0.2) is 42.5 Å². The molecular formula is C14H13ClN2O. The third kappa shape index (κ3) is 2.27. The first-order chi connectivity index (χ1) is 8.83. The minimum atomic E-state index is 0.223. The van der Waals surface area contributed by atoms with Crippen LogP contribution in [0.25, 0.3) is 0 Å². The molecule has 1 unspecified atom stereocenters. The fraction of sp³-hybridized carbons (Fsp3) is 0.214. The van der Waals surface area contributed by atoms with E-state index < -0.39 is 0 Å². The van der Waals surface area contributed by atoms with Crippen molar-refractivity contribution >= 4 is 17.4 Å².